The first-order valence-electron chi connectivity index (χ1n) is 7.17. The molecular weight excluding hydrogens is 297 g/mol. The number of H-pyrrole nitrogens is 1. The van der Waals surface area contributed by atoms with E-state index >= 15 is 0 Å². The molecule has 118 valence electrons. The van der Waals surface area contributed by atoms with Gasteiger partial charge in [-0.2, -0.15) is 0 Å². The number of hydrogen-bond acceptors (Lipinski definition) is 3. The lowest BCUT2D eigenvalue weighted by atomic mass is 10.1. The number of carbonyl (C=O) groups is 1. The summed E-state index contributed by atoms with van der Waals surface area (Å²) in [5, 5.41) is 0.653. The van der Waals surface area contributed by atoms with Crippen LogP contribution < -0.4 is 4.74 Å². The third-order valence-corrected chi connectivity index (χ3v) is 3.72. The number of esters is 1. The van der Waals surface area contributed by atoms with Gasteiger partial charge in [0.15, 0.2) is 0 Å². The summed E-state index contributed by atoms with van der Waals surface area (Å²) in [6.45, 7) is 1.97. The highest BCUT2D eigenvalue weighted by molar-refractivity contribution is 5.98. The van der Waals surface area contributed by atoms with Crippen LogP contribution in [0.1, 0.15) is 21.6 Å². The number of rotatable bonds is 4. The van der Waals surface area contributed by atoms with Crippen molar-refractivity contribution in [2.24, 2.45) is 0 Å². The van der Waals surface area contributed by atoms with Crippen LogP contribution >= 0.6 is 0 Å². The minimum atomic E-state index is -0.505. The van der Waals surface area contributed by atoms with Gasteiger partial charge in [0, 0.05) is 17.0 Å². The van der Waals surface area contributed by atoms with Crippen LogP contribution in [0.25, 0.3) is 10.9 Å². The van der Waals surface area contributed by atoms with E-state index in [-0.39, 0.29) is 11.5 Å². The van der Waals surface area contributed by atoms with Gasteiger partial charge in [0.25, 0.3) is 0 Å². The van der Waals surface area contributed by atoms with Gasteiger partial charge in [-0.3, -0.25) is 0 Å². The molecule has 0 aliphatic heterocycles. The summed E-state index contributed by atoms with van der Waals surface area (Å²) >= 11 is 0. The molecule has 0 radical (unpaired) electrons. The Labute approximate surface area is 132 Å². The van der Waals surface area contributed by atoms with E-state index in [0.717, 1.165) is 5.56 Å². The SMILES string of the molecule is COC(=O)c1cc2c(OCc3ccccc3)cc(F)c(C)c2[nH]1. The van der Waals surface area contributed by atoms with Gasteiger partial charge in [-0.1, -0.05) is 30.3 Å². The molecule has 0 aliphatic carbocycles. The Hall–Kier alpha value is -2.82. The van der Waals surface area contributed by atoms with E-state index in [1.165, 1.54) is 13.2 Å². The lowest BCUT2D eigenvalue weighted by Gasteiger charge is -2.09. The van der Waals surface area contributed by atoms with E-state index in [4.69, 9.17) is 9.47 Å². The molecule has 23 heavy (non-hydrogen) atoms. The van der Waals surface area contributed by atoms with Gasteiger partial charge < -0.3 is 14.5 Å². The van der Waals surface area contributed by atoms with Crippen LogP contribution in [0.2, 0.25) is 0 Å². The number of hydrogen-bond donors (Lipinski definition) is 1. The molecule has 0 saturated carbocycles. The number of carbonyl (C=O) groups excluding carboxylic acids is 1. The Morgan fingerprint density at radius 3 is 2.65 bits per heavy atom. The zero-order chi connectivity index (χ0) is 16.4. The maximum absolute atomic E-state index is 14.1. The second-order valence-electron chi connectivity index (χ2n) is 5.22. The maximum atomic E-state index is 14.1. The molecule has 0 spiro atoms. The second kappa shape index (κ2) is 6.12. The standard InChI is InChI=1S/C18H16FNO3/c1-11-14(19)9-16(23-10-12-6-4-3-5-7-12)13-8-15(18(21)22-2)20-17(11)13/h3-9,20H,10H2,1-2H3. The summed E-state index contributed by atoms with van der Waals surface area (Å²) in [6.07, 6.45) is 0. The van der Waals surface area contributed by atoms with Crippen LogP contribution in [0.5, 0.6) is 5.75 Å². The van der Waals surface area contributed by atoms with Gasteiger partial charge in [0.2, 0.25) is 0 Å². The van der Waals surface area contributed by atoms with E-state index in [9.17, 15) is 9.18 Å². The Kier molecular flexibility index (Phi) is 4.02. The zero-order valence-electron chi connectivity index (χ0n) is 12.9. The number of halogens is 1. The molecule has 3 rings (SSSR count). The maximum Gasteiger partial charge on any atom is 0.354 e. The fraction of sp³-hybridized carbons (Fsp3) is 0.167. The normalized spacial score (nSPS) is 10.7. The number of nitrogens with one attached hydrogen (secondary N) is 1. The van der Waals surface area contributed by atoms with Crippen molar-refractivity contribution < 1.29 is 18.7 Å². The molecule has 0 aliphatic rings. The van der Waals surface area contributed by atoms with Crippen molar-refractivity contribution in [2.75, 3.05) is 7.11 Å². The Morgan fingerprint density at radius 1 is 1.22 bits per heavy atom. The van der Waals surface area contributed by atoms with Crippen molar-refractivity contribution in [1.29, 1.82) is 0 Å². The van der Waals surface area contributed by atoms with Gasteiger partial charge in [-0.25, -0.2) is 9.18 Å². The highest BCUT2D eigenvalue weighted by Crippen LogP contribution is 2.32. The Morgan fingerprint density at radius 2 is 1.96 bits per heavy atom. The Balaban J connectivity index is 2.00. The molecule has 0 atom stereocenters. The number of fused-ring (bicyclic) bond motifs is 1. The van der Waals surface area contributed by atoms with Crippen LogP contribution in [0.4, 0.5) is 4.39 Å². The van der Waals surface area contributed by atoms with Crippen molar-refractivity contribution in [3.8, 4) is 5.75 Å². The molecule has 0 bridgehead atoms. The monoisotopic (exact) mass is 313 g/mol. The molecule has 3 aromatic rings. The molecule has 0 fully saturated rings. The van der Waals surface area contributed by atoms with Crippen LogP contribution in [0.15, 0.2) is 42.5 Å². The topological polar surface area (TPSA) is 51.3 Å². The van der Waals surface area contributed by atoms with Gasteiger partial charge in [0.1, 0.15) is 23.9 Å². The lowest BCUT2D eigenvalue weighted by Crippen LogP contribution is -2.00. The number of methoxy groups -OCH3 is 1. The molecule has 0 unspecified atom stereocenters. The lowest BCUT2D eigenvalue weighted by molar-refractivity contribution is 0.0595. The van der Waals surface area contributed by atoms with E-state index in [0.29, 0.717) is 28.8 Å². The number of ether oxygens (including phenoxy) is 2. The number of aryl methyl sites for hydroxylation is 1. The molecule has 4 nitrogen and oxygen atoms in total. The molecule has 0 amide bonds. The zero-order valence-corrected chi connectivity index (χ0v) is 12.9. The summed E-state index contributed by atoms with van der Waals surface area (Å²) in [7, 11) is 1.30. The van der Waals surface area contributed by atoms with Gasteiger partial charge in [-0.05, 0) is 18.6 Å². The predicted molar refractivity (Wildman–Crippen MR) is 85.1 cm³/mol. The average molecular weight is 313 g/mol. The molecule has 0 saturated heterocycles. The first kappa shape index (κ1) is 15.1. The number of aromatic nitrogens is 1. The van der Waals surface area contributed by atoms with Gasteiger partial charge in [-0.15, -0.1) is 0 Å². The minimum Gasteiger partial charge on any atom is -0.488 e. The number of aromatic amines is 1. The van der Waals surface area contributed by atoms with Crippen molar-refractivity contribution >= 4 is 16.9 Å². The largest absolute Gasteiger partial charge is 0.488 e. The highest BCUT2D eigenvalue weighted by atomic mass is 19.1. The van der Waals surface area contributed by atoms with Crippen molar-refractivity contribution in [2.45, 2.75) is 13.5 Å². The Bertz CT molecular complexity index is 856. The van der Waals surface area contributed by atoms with E-state index < -0.39 is 5.97 Å². The smallest absolute Gasteiger partial charge is 0.354 e. The third-order valence-electron chi connectivity index (χ3n) is 3.72. The second-order valence-corrected chi connectivity index (χ2v) is 5.22. The molecule has 5 heteroatoms. The van der Waals surface area contributed by atoms with Crippen molar-refractivity contribution in [1.82, 2.24) is 4.98 Å². The fourth-order valence-electron chi connectivity index (χ4n) is 2.44. The van der Waals surface area contributed by atoms with Crippen LogP contribution in [0.3, 0.4) is 0 Å². The predicted octanol–water partition coefficient (Wildman–Crippen LogP) is 3.98. The molecule has 2 aromatic carbocycles. The summed E-state index contributed by atoms with van der Waals surface area (Å²) in [5.41, 5.74) is 2.21. The number of benzene rings is 2. The highest BCUT2D eigenvalue weighted by Gasteiger charge is 2.17. The van der Waals surface area contributed by atoms with Gasteiger partial charge >= 0.3 is 5.97 Å². The van der Waals surface area contributed by atoms with E-state index in [2.05, 4.69) is 4.98 Å². The van der Waals surface area contributed by atoms with Crippen molar-refractivity contribution in [3.05, 3.63) is 65.1 Å². The van der Waals surface area contributed by atoms with E-state index in [1.807, 2.05) is 30.3 Å². The first-order chi connectivity index (χ1) is 11.1. The van der Waals surface area contributed by atoms with Crippen LogP contribution in [0, 0.1) is 12.7 Å². The average Bonchev–Trinajstić information content (AvgIpc) is 3.03. The van der Waals surface area contributed by atoms with E-state index in [1.54, 1.807) is 13.0 Å². The molecule has 1 aromatic heterocycles. The molecule has 1 heterocycles. The quantitative estimate of drug-likeness (QED) is 0.741. The van der Waals surface area contributed by atoms with Crippen LogP contribution in [-0.4, -0.2) is 18.1 Å². The summed E-state index contributed by atoms with van der Waals surface area (Å²) in [5.74, 6) is -0.507. The summed E-state index contributed by atoms with van der Waals surface area (Å²) in [6, 6.07) is 12.6. The molecule has 1 N–H and O–H groups in total. The fourth-order valence-corrected chi connectivity index (χ4v) is 2.44. The van der Waals surface area contributed by atoms with Crippen molar-refractivity contribution in [3.63, 3.8) is 0 Å². The molecular formula is C18H16FNO3. The first-order valence-corrected chi connectivity index (χ1v) is 7.17. The summed E-state index contributed by atoms with van der Waals surface area (Å²) < 4.78 is 24.6. The third kappa shape index (κ3) is 2.90. The summed E-state index contributed by atoms with van der Waals surface area (Å²) in [4.78, 5) is 14.6. The van der Waals surface area contributed by atoms with Gasteiger partial charge in [0.05, 0.1) is 12.6 Å². The van der Waals surface area contributed by atoms with Crippen LogP contribution in [-0.2, 0) is 11.3 Å². The minimum absolute atomic E-state index is 0.265.